The van der Waals surface area contributed by atoms with Gasteiger partial charge in [-0.2, -0.15) is 5.26 Å². The SMILES string of the molecule is N#Cc1ccc(C=S)cc1. The fourth-order valence-electron chi connectivity index (χ4n) is 0.636. The summed E-state index contributed by atoms with van der Waals surface area (Å²) in [6.07, 6.45) is 0. The zero-order chi connectivity index (χ0) is 7.40. The van der Waals surface area contributed by atoms with Gasteiger partial charge in [0.25, 0.3) is 0 Å². The maximum atomic E-state index is 8.41. The van der Waals surface area contributed by atoms with Crippen molar-refractivity contribution in [2.75, 3.05) is 0 Å². The molecule has 1 nitrogen and oxygen atoms in total. The smallest absolute Gasteiger partial charge is 0.0991 e. The zero-order valence-corrected chi connectivity index (χ0v) is 6.06. The molecule has 0 saturated heterocycles. The van der Waals surface area contributed by atoms with Crippen molar-refractivity contribution in [3.8, 4) is 6.07 Å². The number of nitrogens with zero attached hydrogens (tertiary/aromatic N) is 1. The Bertz CT molecular complexity index is 268. The summed E-state index contributed by atoms with van der Waals surface area (Å²) in [5.74, 6) is 0. The molecule has 1 rings (SSSR count). The molecule has 0 aliphatic heterocycles. The van der Waals surface area contributed by atoms with Crippen molar-refractivity contribution in [3.05, 3.63) is 35.4 Å². The lowest BCUT2D eigenvalue weighted by Gasteiger charge is -1.88. The first-order chi connectivity index (χ1) is 4.86. The van der Waals surface area contributed by atoms with Crippen molar-refractivity contribution >= 4 is 17.6 Å². The molecule has 0 unspecified atom stereocenters. The van der Waals surface area contributed by atoms with Crippen molar-refractivity contribution in [2.24, 2.45) is 0 Å². The number of nitriles is 1. The van der Waals surface area contributed by atoms with Gasteiger partial charge < -0.3 is 0 Å². The Hall–Kier alpha value is -1.20. The highest BCUT2D eigenvalue weighted by Gasteiger charge is 1.87. The van der Waals surface area contributed by atoms with E-state index in [2.05, 4.69) is 0 Å². The molecule has 1 aromatic carbocycles. The summed E-state index contributed by atoms with van der Waals surface area (Å²) < 4.78 is 0. The van der Waals surface area contributed by atoms with Crippen LogP contribution in [0.1, 0.15) is 11.1 Å². The average molecular weight is 147 g/mol. The minimum absolute atomic E-state index is 0.667. The first-order valence-electron chi connectivity index (χ1n) is 2.82. The standard InChI is InChI=1S/C8H5NS/c9-5-7-1-3-8(6-10)4-2-7/h1-4,6H. The predicted octanol–water partition coefficient (Wildman–Crippen LogP) is 1.91. The van der Waals surface area contributed by atoms with Crippen molar-refractivity contribution < 1.29 is 0 Å². The molecule has 0 atom stereocenters. The van der Waals surface area contributed by atoms with Crippen LogP contribution in [0.3, 0.4) is 0 Å². The quantitative estimate of drug-likeness (QED) is 0.566. The molecule has 0 fully saturated rings. The normalized spacial score (nSPS) is 8.30. The van der Waals surface area contributed by atoms with Crippen molar-refractivity contribution in [1.29, 1.82) is 5.26 Å². The molecular weight excluding hydrogens is 142 g/mol. The largest absolute Gasteiger partial charge is 0.192 e. The van der Waals surface area contributed by atoms with Crippen LogP contribution in [0.15, 0.2) is 24.3 Å². The molecule has 0 aromatic heterocycles. The predicted molar refractivity (Wildman–Crippen MR) is 43.9 cm³/mol. The maximum absolute atomic E-state index is 8.41. The molecule has 1 aromatic rings. The lowest BCUT2D eigenvalue weighted by Crippen LogP contribution is -1.77. The van der Waals surface area contributed by atoms with E-state index in [4.69, 9.17) is 17.5 Å². The Morgan fingerprint density at radius 1 is 1.30 bits per heavy atom. The molecular formula is C8H5NS. The van der Waals surface area contributed by atoms with Gasteiger partial charge in [0.05, 0.1) is 11.6 Å². The molecule has 2 heteroatoms. The van der Waals surface area contributed by atoms with Gasteiger partial charge in [-0.05, 0) is 17.7 Å². The Balaban J connectivity index is 3.04. The summed E-state index contributed by atoms with van der Waals surface area (Å²) in [6, 6.07) is 9.18. The van der Waals surface area contributed by atoms with Crippen LogP contribution in [-0.4, -0.2) is 5.37 Å². The van der Waals surface area contributed by atoms with Crippen LogP contribution in [0.4, 0.5) is 0 Å². The van der Waals surface area contributed by atoms with Gasteiger partial charge in [-0.15, -0.1) is 0 Å². The molecule has 0 bridgehead atoms. The van der Waals surface area contributed by atoms with E-state index >= 15 is 0 Å². The first-order valence-corrected chi connectivity index (χ1v) is 3.29. The van der Waals surface area contributed by atoms with Crippen LogP contribution in [0.25, 0.3) is 0 Å². The van der Waals surface area contributed by atoms with E-state index in [-0.39, 0.29) is 0 Å². The van der Waals surface area contributed by atoms with E-state index in [1.807, 2.05) is 18.2 Å². The molecule has 0 aliphatic carbocycles. The number of hydrogen-bond donors (Lipinski definition) is 0. The summed E-state index contributed by atoms with van der Waals surface area (Å²) in [5, 5.41) is 10.00. The molecule has 0 amide bonds. The number of hydrogen-bond acceptors (Lipinski definition) is 2. The van der Waals surface area contributed by atoms with Gasteiger partial charge in [-0.3, -0.25) is 0 Å². The molecule has 0 radical (unpaired) electrons. The Labute approximate surface area is 64.9 Å². The molecule has 0 saturated carbocycles. The molecule has 48 valence electrons. The second-order valence-corrected chi connectivity index (χ2v) is 2.09. The molecule has 0 aliphatic rings. The van der Waals surface area contributed by atoms with E-state index in [9.17, 15) is 0 Å². The monoisotopic (exact) mass is 147 g/mol. The van der Waals surface area contributed by atoms with Gasteiger partial charge in [0.15, 0.2) is 0 Å². The van der Waals surface area contributed by atoms with E-state index in [0.29, 0.717) is 5.56 Å². The van der Waals surface area contributed by atoms with Crippen LogP contribution < -0.4 is 0 Å². The third-order valence-electron chi connectivity index (χ3n) is 1.18. The van der Waals surface area contributed by atoms with Gasteiger partial charge in [0.2, 0.25) is 0 Å². The van der Waals surface area contributed by atoms with Crippen LogP contribution in [0.5, 0.6) is 0 Å². The average Bonchev–Trinajstić information content (AvgIpc) is 2.05. The van der Waals surface area contributed by atoms with Gasteiger partial charge in [0.1, 0.15) is 0 Å². The second-order valence-electron chi connectivity index (χ2n) is 1.85. The Morgan fingerprint density at radius 3 is 2.30 bits per heavy atom. The zero-order valence-electron chi connectivity index (χ0n) is 5.24. The van der Waals surface area contributed by atoms with E-state index in [1.165, 1.54) is 0 Å². The first kappa shape index (κ1) is 6.91. The van der Waals surface area contributed by atoms with Crippen LogP contribution in [0.2, 0.25) is 0 Å². The van der Waals surface area contributed by atoms with Gasteiger partial charge >= 0.3 is 0 Å². The van der Waals surface area contributed by atoms with Crippen molar-refractivity contribution in [2.45, 2.75) is 0 Å². The molecule has 0 heterocycles. The number of thiocarbonyl (C=S) groups is 1. The summed E-state index contributed by atoms with van der Waals surface area (Å²) in [7, 11) is 0. The van der Waals surface area contributed by atoms with Crippen molar-refractivity contribution in [3.63, 3.8) is 0 Å². The molecule has 0 spiro atoms. The topological polar surface area (TPSA) is 23.8 Å². The summed E-state index contributed by atoms with van der Waals surface area (Å²) in [4.78, 5) is 0. The van der Waals surface area contributed by atoms with E-state index in [0.717, 1.165) is 5.56 Å². The highest BCUT2D eigenvalue weighted by molar-refractivity contribution is 7.79. The third-order valence-corrected chi connectivity index (χ3v) is 1.45. The number of rotatable bonds is 1. The maximum Gasteiger partial charge on any atom is 0.0991 e. The minimum Gasteiger partial charge on any atom is -0.192 e. The van der Waals surface area contributed by atoms with Crippen molar-refractivity contribution in [1.82, 2.24) is 0 Å². The number of benzene rings is 1. The molecule has 0 N–H and O–H groups in total. The van der Waals surface area contributed by atoms with Crippen LogP contribution in [-0.2, 0) is 0 Å². The van der Waals surface area contributed by atoms with Gasteiger partial charge in [-0.1, -0.05) is 24.4 Å². The van der Waals surface area contributed by atoms with Crippen LogP contribution in [0, 0.1) is 11.3 Å². The van der Waals surface area contributed by atoms with Gasteiger partial charge in [-0.25, -0.2) is 0 Å². The lowest BCUT2D eigenvalue weighted by atomic mass is 10.2. The van der Waals surface area contributed by atoms with Gasteiger partial charge in [0, 0.05) is 5.37 Å². The highest BCUT2D eigenvalue weighted by atomic mass is 32.1. The third kappa shape index (κ3) is 1.40. The summed E-state index contributed by atoms with van der Waals surface area (Å²) >= 11 is 4.69. The fourth-order valence-corrected chi connectivity index (χ4v) is 0.793. The highest BCUT2D eigenvalue weighted by Crippen LogP contribution is 1.99. The van der Waals surface area contributed by atoms with Crippen LogP contribution >= 0.6 is 12.2 Å². The van der Waals surface area contributed by atoms with E-state index < -0.39 is 0 Å². The Kier molecular flexibility index (Phi) is 2.14. The Morgan fingerprint density at radius 2 is 1.90 bits per heavy atom. The summed E-state index contributed by atoms with van der Waals surface area (Å²) in [5.41, 5.74) is 1.63. The fraction of sp³-hybridized carbons (Fsp3) is 0. The van der Waals surface area contributed by atoms with E-state index in [1.54, 1.807) is 17.5 Å². The molecule has 10 heavy (non-hydrogen) atoms. The minimum atomic E-state index is 0.667. The lowest BCUT2D eigenvalue weighted by molar-refractivity contribution is 1.48. The second kappa shape index (κ2) is 3.09. The summed E-state index contributed by atoms with van der Waals surface area (Å²) in [6.45, 7) is 0.